The van der Waals surface area contributed by atoms with Gasteiger partial charge in [-0.1, -0.05) is 103 Å². The molecule has 5 aromatic heterocycles. The van der Waals surface area contributed by atoms with Crippen LogP contribution in [-0.2, 0) is 107 Å². The largest absolute Gasteiger partial charge is 0.540 e. The Balaban J connectivity index is 0.000000214. The van der Waals surface area contributed by atoms with Crippen LogP contribution in [0.4, 0.5) is 26.3 Å². The van der Waals surface area contributed by atoms with E-state index in [-0.39, 0.29) is 112 Å². The molecule has 0 saturated heterocycles. The van der Waals surface area contributed by atoms with Crippen LogP contribution in [-0.4, -0.2) is 88.0 Å². The topological polar surface area (TPSA) is 172 Å². The maximum absolute atomic E-state index is 13.4. The van der Waals surface area contributed by atoms with Crippen molar-refractivity contribution in [3.63, 3.8) is 0 Å². The number of ether oxygens (including phenoxy) is 2. The number of rotatable bonds is 12. The van der Waals surface area contributed by atoms with E-state index < -0.39 is 23.4 Å². The zero-order valence-corrected chi connectivity index (χ0v) is 73.6. The molecular weight excluding hydrogens is 2310 g/mol. The first-order valence-corrected chi connectivity index (χ1v) is 33.2. The second kappa shape index (κ2) is 41.0. The van der Waals surface area contributed by atoms with Crippen LogP contribution in [0.3, 0.4) is 0 Å². The first-order chi connectivity index (χ1) is 50.9. The van der Waals surface area contributed by atoms with E-state index in [0.29, 0.717) is 40.5 Å². The van der Waals surface area contributed by atoms with Gasteiger partial charge in [0.25, 0.3) is 0 Å². The number of alkyl halides is 3. The van der Waals surface area contributed by atoms with E-state index >= 15 is 0 Å². The third-order valence-corrected chi connectivity index (χ3v) is 16.2. The van der Waals surface area contributed by atoms with E-state index in [9.17, 15) is 26.3 Å². The third-order valence-electron chi connectivity index (χ3n) is 16.2. The molecule has 15 rings (SSSR count). The Kier molecular flexibility index (Phi) is 33.3. The molecule has 15 aromatic rings. The van der Waals surface area contributed by atoms with Gasteiger partial charge in [-0.2, -0.15) is 38.7 Å². The van der Waals surface area contributed by atoms with Crippen molar-refractivity contribution in [3.8, 4) is 96.9 Å². The average Bonchev–Trinajstić information content (AvgIpc) is 1.72. The molecule has 0 saturated carbocycles. The van der Waals surface area contributed by atoms with Crippen molar-refractivity contribution in [1.82, 2.24) is 73.8 Å². The smallest absolute Gasteiger partial charge is 0.381 e. The van der Waals surface area contributed by atoms with Crippen molar-refractivity contribution in [2.45, 2.75) is 75.4 Å². The second-order valence-corrected chi connectivity index (χ2v) is 24.2. The van der Waals surface area contributed by atoms with Gasteiger partial charge in [0, 0.05) is 129 Å². The van der Waals surface area contributed by atoms with Crippen LogP contribution in [0.15, 0.2) is 206 Å². The molecule has 5 heterocycles. The van der Waals surface area contributed by atoms with Crippen molar-refractivity contribution in [1.29, 1.82) is 0 Å². The van der Waals surface area contributed by atoms with Gasteiger partial charge < -0.3 is 9.47 Å². The SMILES string of the molecule is COc1c[c-]c(-c2nc(C)nn2-c2ccccc2C)cc1.COc1cc[c-]c(-c2nc(C)nn2-c2ccccc2C)c1.Cc1nc(-c2[c-]c(F)cc(F)c2)n(-c2ccccc2C)n1.Cc1nc(-c2[c-]cc(C(F)(F)F)cc2)n(-c2ccccc2C)n1.Cc1nc(-c2[c-]cc(F)cc2)n(-c2ccccc2C)n1.[Ir].[Ir].[Ir].[Ir].[Ir]. The molecule has 0 spiro atoms. The molecule has 0 atom stereocenters. The molecule has 10 aromatic carbocycles. The summed E-state index contributed by atoms with van der Waals surface area (Å²) >= 11 is 0. The second-order valence-electron chi connectivity index (χ2n) is 24.2. The van der Waals surface area contributed by atoms with Crippen LogP contribution < -0.4 is 9.47 Å². The minimum absolute atomic E-state index is 0. The van der Waals surface area contributed by atoms with Gasteiger partial charge >= 0.3 is 6.18 Å². The summed E-state index contributed by atoms with van der Waals surface area (Å²) in [4.78, 5) is 22.1. The Labute approximate surface area is 707 Å². The summed E-state index contributed by atoms with van der Waals surface area (Å²) in [7, 11) is 3.29. The number of benzene rings is 10. The van der Waals surface area contributed by atoms with Gasteiger partial charge in [0.05, 0.1) is 71.8 Å². The van der Waals surface area contributed by atoms with Crippen LogP contribution in [0.1, 0.15) is 62.5 Å². The fourth-order valence-electron chi connectivity index (χ4n) is 11.1. The average molecular weight is 2380 g/mol. The number of aromatic nitrogens is 15. The zero-order valence-electron chi connectivity index (χ0n) is 61.6. The Morgan fingerprint density at radius 2 is 0.640 bits per heavy atom. The Morgan fingerprint density at radius 1 is 0.315 bits per heavy atom. The monoisotopic (exact) mass is 2390 g/mol. The Hall–Kier alpha value is -9.67. The molecule has 0 fully saturated rings. The molecular formula is C83H70F6Ir5N15O2-5. The predicted molar refractivity (Wildman–Crippen MR) is 394 cm³/mol. The van der Waals surface area contributed by atoms with Crippen molar-refractivity contribution in [2.24, 2.45) is 0 Å². The maximum Gasteiger partial charge on any atom is 0.381 e. The van der Waals surface area contributed by atoms with E-state index in [4.69, 9.17) is 9.47 Å². The molecule has 111 heavy (non-hydrogen) atoms. The summed E-state index contributed by atoms with van der Waals surface area (Å²) < 4.78 is 97.0. The molecule has 0 bridgehead atoms. The number of methoxy groups -OCH3 is 2. The minimum Gasteiger partial charge on any atom is -0.540 e. The van der Waals surface area contributed by atoms with Crippen LogP contribution in [0.2, 0.25) is 0 Å². The quantitative estimate of drug-likeness (QED) is 0.0838. The molecule has 0 aliphatic carbocycles. The molecule has 581 valence electrons. The molecule has 0 aliphatic heterocycles. The summed E-state index contributed by atoms with van der Waals surface area (Å²) in [6, 6.07) is 74.7. The number of hydrogen-bond acceptors (Lipinski definition) is 12. The minimum atomic E-state index is -4.38. The standard InChI is InChI=1S/C17H13F3N3.2C17H16N3O.C16H12F2N3.C16H13FN3.5Ir/c1-11-5-3-4-6-15(11)23-16(21-12(2)22-23)13-7-9-14(10-8-13)17(18,19)20;1-12-7-4-5-10-16(12)20-17(18-13(2)19-20)14-8-6-9-15(11-14)21-3;1-12-6-4-5-7-16(12)20-17(18-13(2)19-20)14-8-10-15(21-3)11-9-14;1-10-5-3-4-6-15(10)21-16(19-11(2)20-21)12-7-13(17)9-14(18)8-12;1-11-5-3-4-6-15(11)20-16(18-12(2)19-20)13-7-9-14(17)10-8-13;;;;;/h3-7,9-10H,1-2H3;4-7,9-11H,1-3H3;4-8,10-11H,1-3H3;3-7,9H,1-2H3;3-7,9-10H,1-2H3;;;;;/q5*-1;;;;;. The van der Waals surface area contributed by atoms with Crippen LogP contribution in [0, 0.1) is 117 Å². The van der Waals surface area contributed by atoms with Gasteiger partial charge in [0.2, 0.25) is 0 Å². The van der Waals surface area contributed by atoms with Crippen LogP contribution in [0.25, 0.3) is 85.4 Å². The van der Waals surface area contributed by atoms with Crippen LogP contribution in [0.5, 0.6) is 11.5 Å². The van der Waals surface area contributed by atoms with E-state index in [0.717, 1.165) is 126 Å². The molecule has 28 heteroatoms. The normalized spacial score (nSPS) is 10.4. The third kappa shape index (κ3) is 22.6. The van der Waals surface area contributed by atoms with Crippen molar-refractivity contribution < 1.29 is 136 Å². The van der Waals surface area contributed by atoms with Gasteiger partial charge in [0.15, 0.2) is 0 Å². The van der Waals surface area contributed by atoms with Crippen molar-refractivity contribution >= 4 is 0 Å². The van der Waals surface area contributed by atoms with Crippen molar-refractivity contribution in [3.05, 3.63) is 317 Å². The zero-order chi connectivity index (χ0) is 75.3. The number of aryl methyl sites for hydroxylation is 10. The molecule has 0 aliphatic rings. The summed E-state index contributed by atoms with van der Waals surface area (Å²) in [6.45, 7) is 19.1. The first kappa shape index (κ1) is 90.2. The van der Waals surface area contributed by atoms with Crippen LogP contribution >= 0.6 is 0 Å². The molecule has 0 amide bonds. The Bertz CT molecular complexity index is 5520. The number of halogens is 6. The molecule has 17 nitrogen and oxygen atoms in total. The van der Waals surface area contributed by atoms with E-state index in [1.54, 1.807) is 48.2 Å². The van der Waals surface area contributed by atoms with Crippen molar-refractivity contribution in [2.75, 3.05) is 14.2 Å². The van der Waals surface area contributed by atoms with E-state index in [1.807, 2.05) is 196 Å². The fourth-order valence-corrected chi connectivity index (χ4v) is 11.1. The number of para-hydroxylation sites is 5. The molecule has 0 N–H and O–H groups in total. The maximum atomic E-state index is 13.4. The summed E-state index contributed by atoms with van der Waals surface area (Å²) in [5.41, 5.74) is 12.4. The van der Waals surface area contributed by atoms with E-state index in [2.05, 4.69) is 107 Å². The van der Waals surface area contributed by atoms with Gasteiger partial charge in [-0.3, -0.25) is 52.7 Å². The fraction of sp³-hybridized carbons (Fsp3) is 0.157. The van der Waals surface area contributed by atoms with Gasteiger partial charge in [-0.05, 0) is 133 Å². The summed E-state index contributed by atoms with van der Waals surface area (Å²) in [5.74, 6) is 6.03. The van der Waals surface area contributed by atoms with Gasteiger partial charge in [0.1, 0.15) is 29.1 Å². The van der Waals surface area contributed by atoms with E-state index in [1.165, 1.54) is 24.3 Å². The summed E-state index contributed by atoms with van der Waals surface area (Å²) in [6.07, 6.45) is -4.38. The predicted octanol–water partition coefficient (Wildman–Crippen LogP) is 18.2. The van der Waals surface area contributed by atoms with Gasteiger partial charge in [-0.25, -0.2) is 8.78 Å². The Morgan fingerprint density at radius 3 is 0.937 bits per heavy atom. The molecule has 5 radical (unpaired) electrons. The summed E-state index contributed by atoms with van der Waals surface area (Å²) in [5, 5.41) is 22.1. The molecule has 0 unspecified atom stereocenters. The first-order valence-electron chi connectivity index (χ1n) is 33.2. The van der Waals surface area contributed by atoms with Gasteiger partial charge in [-0.15, -0.1) is 131 Å². The number of hydrogen-bond donors (Lipinski definition) is 0. The number of nitrogens with zero attached hydrogens (tertiary/aromatic N) is 15.